The van der Waals surface area contributed by atoms with Gasteiger partial charge in [-0.25, -0.2) is 4.98 Å². The van der Waals surface area contributed by atoms with Crippen molar-refractivity contribution in [3.63, 3.8) is 0 Å². The minimum atomic E-state index is 0.348. The zero-order valence-electron chi connectivity index (χ0n) is 9.18. The molecule has 0 unspecified atom stereocenters. The lowest BCUT2D eigenvalue weighted by Crippen LogP contribution is -1.94. The van der Waals surface area contributed by atoms with Crippen LogP contribution in [0.2, 0.25) is 5.02 Å². The van der Waals surface area contributed by atoms with Gasteiger partial charge in [-0.05, 0) is 24.8 Å². The van der Waals surface area contributed by atoms with Crippen LogP contribution in [0.25, 0.3) is 0 Å². The highest BCUT2D eigenvalue weighted by atomic mass is 35.5. The maximum absolute atomic E-state index is 8.86. The summed E-state index contributed by atoms with van der Waals surface area (Å²) in [6, 6.07) is 3.59. The Morgan fingerprint density at radius 3 is 2.82 bits per heavy atom. The second-order valence-electron chi connectivity index (χ2n) is 3.28. The number of halogens is 1. The van der Waals surface area contributed by atoms with Crippen LogP contribution in [0.5, 0.6) is 0 Å². The van der Waals surface area contributed by atoms with Crippen LogP contribution in [0.4, 0.5) is 0 Å². The number of pyridine rings is 1. The Kier molecular flexibility index (Phi) is 3.31. The largest absolute Gasteiger partial charge is 0.309 e. The first-order valence-corrected chi connectivity index (χ1v) is 5.91. The molecule has 0 aliphatic rings. The highest BCUT2D eigenvalue weighted by molar-refractivity contribution is 7.99. The molecule has 86 valence electrons. The summed E-state index contributed by atoms with van der Waals surface area (Å²) in [5.41, 5.74) is 0.406. The Morgan fingerprint density at radius 2 is 2.24 bits per heavy atom. The minimum Gasteiger partial charge on any atom is -0.309 e. The third kappa shape index (κ3) is 2.25. The molecule has 0 aliphatic heterocycles. The van der Waals surface area contributed by atoms with Gasteiger partial charge in [0.05, 0.1) is 10.6 Å². The monoisotopic (exact) mass is 265 g/mol. The lowest BCUT2D eigenvalue weighted by Gasteiger charge is -2.03. The Bertz CT molecular complexity index is 601. The highest BCUT2D eigenvalue weighted by Gasteiger charge is 2.13. The van der Waals surface area contributed by atoms with Gasteiger partial charge in [0.1, 0.15) is 16.9 Å². The number of rotatable bonds is 2. The van der Waals surface area contributed by atoms with E-state index in [4.69, 9.17) is 16.9 Å². The smallest absolute Gasteiger partial charge is 0.197 e. The lowest BCUT2D eigenvalue weighted by molar-refractivity contribution is 0.764. The molecule has 2 aromatic rings. The maximum atomic E-state index is 8.86. The molecular formula is C10H8ClN5S. The molecule has 7 heteroatoms. The average Bonchev–Trinajstić information content (AvgIpc) is 2.64. The van der Waals surface area contributed by atoms with E-state index in [1.807, 2.05) is 24.6 Å². The molecule has 0 atom stereocenters. The van der Waals surface area contributed by atoms with Crippen molar-refractivity contribution in [1.29, 1.82) is 5.26 Å². The number of hydrogen-bond donors (Lipinski definition) is 0. The summed E-state index contributed by atoms with van der Waals surface area (Å²) in [6.07, 6.45) is 1.55. The summed E-state index contributed by atoms with van der Waals surface area (Å²) >= 11 is 7.34. The molecule has 0 bridgehead atoms. The molecule has 0 fully saturated rings. The molecule has 0 N–H and O–H groups in total. The zero-order chi connectivity index (χ0) is 12.4. The zero-order valence-corrected chi connectivity index (χ0v) is 10.7. The van der Waals surface area contributed by atoms with Gasteiger partial charge in [-0.15, -0.1) is 10.2 Å². The first-order valence-electron chi connectivity index (χ1n) is 4.72. The molecule has 2 aromatic heterocycles. The van der Waals surface area contributed by atoms with Crippen molar-refractivity contribution < 1.29 is 0 Å². The van der Waals surface area contributed by atoms with Gasteiger partial charge in [-0.1, -0.05) is 11.6 Å². The van der Waals surface area contributed by atoms with Gasteiger partial charge < -0.3 is 4.57 Å². The number of aryl methyl sites for hydroxylation is 1. The van der Waals surface area contributed by atoms with Crippen molar-refractivity contribution in [3.8, 4) is 6.07 Å². The second kappa shape index (κ2) is 4.73. The number of hydrogen-bond acceptors (Lipinski definition) is 5. The van der Waals surface area contributed by atoms with Crippen LogP contribution in [-0.4, -0.2) is 19.7 Å². The number of nitrogens with zero attached hydrogens (tertiary/aromatic N) is 5. The molecule has 0 aliphatic carbocycles. The third-order valence-electron chi connectivity index (χ3n) is 2.22. The molecule has 17 heavy (non-hydrogen) atoms. The molecule has 0 spiro atoms. The quantitative estimate of drug-likeness (QED) is 0.833. The second-order valence-corrected chi connectivity index (χ2v) is 4.61. The van der Waals surface area contributed by atoms with Crippen molar-refractivity contribution in [3.05, 3.63) is 28.7 Å². The molecule has 0 aromatic carbocycles. The lowest BCUT2D eigenvalue weighted by atomic mass is 10.3. The molecule has 5 nitrogen and oxygen atoms in total. The highest BCUT2D eigenvalue weighted by Crippen LogP contribution is 2.31. The summed E-state index contributed by atoms with van der Waals surface area (Å²) in [5, 5.41) is 18.4. The summed E-state index contributed by atoms with van der Waals surface area (Å²) in [5.74, 6) is 0.806. The first-order chi connectivity index (χ1) is 8.13. The Hall–Kier alpha value is -1.58. The van der Waals surface area contributed by atoms with Crippen molar-refractivity contribution in [2.75, 3.05) is 0 Å². The fourth-order valence-corrected chi connectivity index (χ4v) is 2.25. The Morgan fingerprint density at radius 1 is 1.47 bits per heavy atom. The van der Waals surface area contributed by atoms with Gasteiger partial charge in [0, 0.05) is 13.2 Å². The Labute approximate surface area is 107 Å². The SMILES string of the molecule is Cc1nnc(Sc2nccc(C#N)c2Cl)n1C. The van der Waals surface area contributed by atoms with Crippen LogP contribution in [0.1, 0.15) is 11.4 Å². The van der Waals surface area contributed by atoms with Crippen LogP contribution in [0, 0.1) is 18.3 Å². The topological polar surface area (TPSA) is 67.4 Å². The van der Waals surface area contributed by atoms with Crippen molar-refractivity contribution in [2.24, 2.45) is 7.05 Å². The summed E-state index contributed by atoms with van der Waals surface area (Å²) in [7, 11) is 1.86. The Balaban J connectivity index is 2.37. The number of nitriles is 1. The van der Waals surface area contributed by atoms with Gasteiger partial charge in [-0.3, -0.25) is 0 Å². The van der Waals surface area contributed by atoms with Gasteiger partial charge in [0.15, 0.2) is 5.16 Å². The van der Waals surface area contributed by atoms with E-state index in [1.54, 1.807) is 12.3 Å². The molecule has 0 amide bonds. The summed E-state index contributed by atoms with van der Waals surface area (Å²) < 4.78 is 1.84. The molecule has 2 heterocycles. The van der Waals surface area contributed by atoms with Crippen LogP contribution in [-0.2, 0) is 7.05 Å². The van der Waals surface area contributed by atoms with E-state index in [0.717, 1.165) is 5.82 Å². The van der Waals surface area contributed by atoms with E-state index in [2.05, 4.69) is 15.2 Å². The fraction of sp³-hybridized carbons (Fsp3) is 0.200. The van der Waals surface area contributed by atoms with E-state index in [9.17, 15) is 0 Å². The van der Waals surface area contributed by atoms with E-state index >= 15 is 0 Å². The van der Waals surface area contributed by atoms with Crippen LogP contribution >= 0.6 is 23.4 Å². The summed E-state index contributed by atoms with van der Waals surface area (Å²) in [4.78, 5) is 4.13. The van der Waals surface area contributed by atoms with Crippen molar-refractivity contribution in [2.45, 2.75) is 17.1 Å². The van der Waals surface area contributed by atoms with E-state index in [1.165, 1.54) is 11.8 Å². The van der Waals surface area contributed by atoms with Crippen molar-refractivity contribution >= 4 is 23.4 Å². The van der Waals surface area contributed by atoms with Gasteiger partial charge >= 0.3 is 0 Å². The van der Waals surface area contributed by atoms with E-state index in [0.29, 0.717) is 20.8 Å². The average molecular weight is 266 g/mol. The van der Waals surface area contributed by atoms with Crippen molar-refractivity contribution in [1.82, 2.24) is 19.7 Å². The standard InChI is InChI=1S/C10H8ClN5S/c1-6-14-15-10(16(6)2)17-9-8(11)7(5-12)3-4-13-9/h3-4H,1-2H3. The fourth-order valence-electron chi connectivity index (χ4n) is 1.15. The molecule has 0 saturated heterocycles. The van der Waals surface area contributed by atoms with Gasteiger partial charge in [0.2, 0.25) is 0 Å². The third-order valence-corrected chi connectivity index (χ3v) is 3.75. The first kappa shape index (κ1) is 11.9. The molecule has 2 rings (SSSR count). The van der Waals surface area contributed by atoms with Crippen LogP contribution < -0.4 is 0 Å². The van der Waals surface area contributed by atoms with Gasteiger partial charge in [0.25, 0.3) is 0 Å². The molecular weight excluding hydrogens is 258 g/mol. The van der Waals surface area contributed by atoms with Gasteiger partial charge in [-0.2, -0.15) is 5.26 Å². The number of aromatic nitrogens is 4. The van der Waals surface area contributed by atoms with Crippen LogP contribution in [0.3, 0.4) is 0 Å². The molecule has 0 saturated carbocycles. The van der Waals surface area contributed by atoms with E-state index in [-0.39, 0.29) is 0 Å². The predicted octanol–water partition coefficient (Wildman–Crippen LogP) is 2.19. The molecule has 0 radical (unpaired) electrons. The van der Waals surface area contributed by atoms with E-state index < -0.39 is 0 Å². The minimum absolute atomic E-state index is 0.348. The predicted molar refractivity (Wildman–Crippen MR) is 63.8 cm³/mol. The normalized spacial score (nSPS) is 10.2. The van der Waals surface area contributed by atoms with Crippen LogP contribution in [0.15, 0.2) is 22.4 Å². The maximum Gasteiger partial charge on any atom is 0.197 e. The summed E-state index contributed by atoms with van der Waals surface area (Å²) in [6.45, 7) is 1.86.